The van der Waals surface area contributed by atoms with Crippen LogP contribution in [0.15, 0.2) is 33.7 Å². The largest absolute Gasteiger partial charge is 0.491 e. The van der Waals surface area contributed by atoms with Gasteiger partial charge in [-0.3, -0.25) is 4.98 Å². The summed E-state index contributed by atoms with van der Waals surface area (Å²) in [4.78, 5) is 35.2. The van der Waals surface area contributed by atoms with Gasteiger partial charge in [-0.05, 0) is 37.8 Å². The van der Waals surface area contributed by atoms with Crippen LogP contribution in [0.2, 0.25) is 0 Å². The highest BCUT2D eigenvalue weighted by Crippen LogP contribution is 2.33. The minimum absolute atomic E-state index is 0.0163. The van der Waals surface area contributed by atoms with E-state index in [-0.39, 0.29) is 30.5 Å². The molecule has 8 nitrogen and oxygen atoms in total. The van der Waals surface area contributed by atoms with E-state index in [1.807, 2.05) is 9.80 Å². The maximum Gasteiger partial charge on any atom is 0.346 e. The molecule has 4 rings (SSSR count). The summed E-state index contributed by atoms with van der Waals surface area (Å²) in [6.07, 6.45) is 5.08. The topological polar surface area (TPSA) is 90.6 Å². The Balaban J connectivity index is 1.47. The molecule has 1 atom stereocenters. The number of methoxy groups -OCH3 is 1. The van der Waals surface area contributed by atoms with Gasteiger partial charge < -0.3 is 19.9 Å². The molecule has 2 aliphatic rings. The highest BCUT2D eigenvalue weighted by Gasteiger charge is 2.39. The number of aromatic amines is 1. The number of nitrogens with one attached hydrogen (secondary N) is 2. The van der Waals surface area contributed by atoms with Gasteiger partial charge in [-0.15, -0.1) is 0 Å². The number of nitrogens with zero attached hydrogens (tertiary/aromatic N) is 3. The molecule has 31 heavy (non-hydrogen) atoms. The molecule has 1 aliphatic carbocycles. The molecule has 10 heteroatoms. The van der Waals surface area contributed by atoms with Gasteiger partial charge in [0, 0.05) is 35.7 Å². The lowest BCUT2D eigenvalue weighted by Gasteiger charge is -2.40. The van der Waals surface area contributed by atoms with Gasteiger partial charge in [-0.1, -0.05) is 22.0 Å². The van der Waals surface area contributed by atoms with Crippen molar-refractivity contribution in [3.63, 3.8) is 0 Å². The van der Waals surface area contributed by atoms with E-state index in [0.29, 0.717) is 28.1 Å². The van der Waals surface area contributed by atoms with Crippen LogP contribution in [0.5, 0.6) is 5.75 Å². The Hall–Kier alpha value is -2.62. The molecule has 2 aromatic rings. The summed E-state index contributed by atoms with van der Waals surface area (Å²) in [7, 11) is 1.53. The maximum atomic E-state index is 14.1. The number of ether oxygens (including phenoxy) is 1. The van der Waals surface area contributed by atoms with Crippen molar-refractivity contribution >= 4 is 27.8 Å². The van der Waals surface area contributed by atoms with Crippen molar-refractivity contribution in [2.24, 2.45) is 0 Å². The lowest BCUT2D eigenvalue weighted by Crippen LogP contribution is -2.54. The summed E-state index contributed by atoms with van der Waals surface area (Å²) in [6, 6.07) is 4.80. The normalized spacial score (nSPS) is 18.5. The fraction of sp³-hybridized carbons (Fsp3) is 0.476. The summed E-state index contributed by atoms with van der Waals surface area (Å²) < 4.78 is 20.1. The van der Waals surface area contributed by atoms with Crippen LogP contribution in [-0.2, 0) is 6.54 Å². The number of H-pyrrole nitrogens is 1. The molecule has 0 radical (unpaired) electrons. The standard InChI is InChI=1S/C21H25BrFN5O3/c1-31-18-11-24-20(29)26-19(18)27-8-2-3-16(12-27)28(15-6-7-15)21(30)25-10-13-4-5-14(22)9-17(13)23/h4-5,9,11,15-16H,2-3,6-8,10,12H2,1H3,(H,25,30)(H,24,26,29)/t16-/m1/s1. The fourth-order valence-corrected chi connectivity index (χ4v) is 4.39. The summed E-state index contributed by atoms with van der Waals surface area (Å²) in [5.74, 6) is 0.721. The van der Waals surface area contributed by atoms with Gasteiger partial charge in [0.2, 0.25) is 0 Å². The van der Waals surface area contributed by atoms with Crippen molar-refractivity contribution < 1.29 is 13.9 Å². The number of carbonyl (C=O) groups is 1. The van der Waals surface area contributed by atoms with Crippen LogP contribution < -0.4 is 20.6 Å². The maximum absolute atomic E-state index is 14.1. The second-order valence-electron chi connectivity index (χ2n) is 7.88. The number of carbonyl (C=O) groups excluding carboxylic acids is 1. The van der Waals surface area contributed by atoms with Gasteiger partial charge in [-0.25, -0.2) is 14.0 Å². The first-order chi connectivity index (χ1) is 15.0. The molecule has 0 bridgehead atoms. The van der Waals surface area contributed by atoms with Crippen molar-refractivity contribution in [3.05, 3.63) is 50.7 Å². The Bertz CT molecular complexity index is 1010. The smallest absolute Gasteiger partial charge is 0.346 e. The number of rotatable bonds is 6. The first-order valence-corrected chi connectivity index (χ1v) is 11.1. The highest BCUT2D eigenvalue weighted by atomic mass is 79.9. The van der Waals surface area contributed by atoms with Gasteiger partial charge in [-0.2, -0.15) is 4.98 Å². The molecule has 1 aromatic carbocycles. The average molecular weight is 494 g/mol. The Labute approximate surface area is 187 Å². The van der Waals surface area contributed by atoms with E-state index in [1.54, 1.807) is 12.1 Å². The first-order valence-electron chi connectivity index (χ1n) is 10.3. The number of benzene rings is 1. The fourth-order valence-electron chi connectivity index (χ4n) is 4.05. The molecule has 1 saturated carbocycles. The lowest BCUT2D eigenvalue weighted by molar-refractivity contribution is 0.160. The monoisotopic (exact) mass is 493 g/mol. The van der Waals surface area contributed by atoms with Crippen LogP contribution in [0.4, 0.5) is 15.0 Å². The molecule has 2 fully saturated rings. The van der Waals surface area contributed by atoms with Crippen molar-refractivity contribution in [3.8, 4) is 5.75 Å². The predicted molar refractivity (Wildman–Crippen MR) is 118 cm³/mol. The molecule has 1 aromatic heterocycles. The minimum atomic E-state index is -0.439. The number of anilines is 1. The molecule has 166 valence electrons. The lowest BCUT2D eigenvalue weighted by atomic mass is 10.0. The molecule has 0 unspecified atom stereocenters. The Morgan fingerprint density at radius 3 is 2.90 bits per heavy atom. The number of halogens is 2. The Kier molecular flexibility index (Phi) is 6.45. The number of hydrogen-bond donors (Lipinski definition) is 2. The molecular weight excluding hydrogens is 469 g/mol. The highest BCUT2D eigenvalue weighted by molar-refractivity contribution is 9.10. The minimum Gasteiger partial charge on any atom is -0.491 e. The summed E-state index contributed by atoms with van der Waals surface area (Å²) in [5, 5.41) is 2.88. The first kappa shape index (κ1) is 21.6. The third-order valence-electron chi connectivity index (χ3n) is 5.70. The van der Waals surface area contributed by atoms with E-state index >= 15 is 0 Å². The zero-order chi connectivity index (χ0) is 22.0. The van der Waals surface area contributed by atoms with Crippen LogP contribution >= 0.6 is 15.9 Å². The molecular formula is C21H25BrFN5O3. The average Bonchev–Trinajstić information content (AvgIpc) is 3.58. The van der Waals surface area contributed by atoms with Crippen LogP contribution in [0.1, 0.15) is 31.2 Å². The molecule has 1 saturated heterocycles. The summed E-state index contributed by atoms with van der Waals surface area (Å²) in [6.45, 7) is 1.45. The predicted octanol–water partition coefficient (Wildman–Crippen LogP) is 3.02. The van der Waals surface area contributed by atoms with Crippen LogP contribution in [0, 0.1) is 5.82 Å². The van der Waals surface area contributed by atoms with Crippen LogP contribution in [0.3, 0.4) is 0 Å². The van der Waals surface area contributed by atoms with Crippen molar-refractivity contribution in [1.82, 2.24) is 20.2 Å². The third-order valence-corrected chi connectivity index (χ3v) is 6.20. The second kappa shape index (κ2) is 9.25. The number of urea groups is 1. The van der Waals surface area contributed by atoms with Crippen molar-refractivity contribution in [2.75, 3.05) is 25.1 Å². The van der Waals surface area contributed by atoms with Gasteiger partial charge >= 0.3 is 11.7 Å². The van der Waals surface area contributed by atoms with E-state index < -0.39 is 5.69 Å². The number of aromatic nitrogens is 2. The molecule has 2 heterocycles. The SMILES string of the molecule is COc1cnc(=O)[nH]c1N1CCC[C@@H](N(C(=O)NCc2ccc(Br)cc2F)C2CC2)C1. The number of piperidine rings is 1. The zero-order valence-corrected chi connectivity index (χ0v) is 18.8. The number of hydrogen-bond acceptors (Lipinski definition) is 5. The summed E-state index contributed by atoms with van der Waals surface area (Å²) >= 11 is 3.24. The second-order valence-corrected chi connectivity index (χ2v) is 8.80. The summed E-state index contributed by atoms with van der Waals surface area (Å²) in [5.41, 5.74) is 0.00269. The van der Waals surface area contributed by atoms with Crippen molar-refractivity contribution in [2.45, 2.75) is 44.3 Å². The van der Waals surface area contributed by atoms with Crippen LogP contribution in [-0.4, -0.2) is 53.2 Å². The van der Waals surface area contributed by atoms with E-state index in [9.17, 15) is 14.0 Å². The third kappa shape index (κ3) is 5.00. The number of amides is 2. The Morgan fingerprint density at radius 2 is 2.19 bits per heavy atom. The van der Waals surface area contributed by atoms with Gasteiger partial charge in [0.05, 0.1) is 19.3 Å². The quantitative estimate of drug-likeness (QED) is 0.645. The van der Waals surface area contributed by atoms with E-state index in [1.165, 1.54) is 19.4 Å². The zero-order valence-electron chi connectivity index (χ0n) is 17.2. The van der Waals surface area contributed by atoms with E-state index in [0.717, 1.165) is 32.2 Å². The molecule has 1 aliphatic heterocycles. The van der Waals surface area contributed by atoms with E-state index in [2.05, 4.69) is 31.2 Å². The van der Waals surface area contributed by atoms with Gasteiger partial charge in [0.1, 0.15) is 5.82 Å². The van der Waals surface area contributed by atoms with Crippen molar-refractivity contribution in [1.29, 1.82) is 0 Å². The van der Waals surface area contributed by atoms with E-state index in [4.69, 9.17) is 4.74 Å². The molecule has 2 amide bonds. The molecule has 0 spiro atoms. The van der Waals surface area contributed by atoms with Gasteiger partial charge in [0.15, 0.2) is 11.6 Å². The van der Waals surface area contributed by atoms with Crippen LogP contribution in [0.25, 0.3) is 0 Å². The Morgan fingerprint density at radius 1 is 1.39 bits per heavy atom. The molecule has 2 N–H and O–H groups in total. The van der Waals surface area contributed by atoms with Gasteiger partial charge in [0.25, 0.3) is 0 Å².